The molecule has 0 amide bonds. The van der Waals surface area contributed by atoms with Crippen molar-refractivity contribution in [3.05, 3.63) is 102 Å². The summed E-state index contributed by atoms with van der Waals surface area (Å²) in [4.78, 5) is 0. The zero-order chi connectivity index (χ0) is 22.4. The monoisotopic (exact) mass is 448 g/mol. The molecule has 3 heteroatoms. The van der Waals surface area contributed by atoms with Crippen LogP contribution < -0.4 is 14.8 Å². The SMILES string of the molecule is COc1ccc(P2Cc3ccc4ccccc4c3-c3c(ccc4ccccc34)C2)cc1OC. The Balaban J connectivity index is 1.63. The van der Waals surface area contributed by atoms with Gasteiger partial charge in [-0.25, -0.2) is 0 Å². The molecule has 1 heterocycles. The Morgan fingerprint density at radius 3 is 1.67 bits per heavy atom. The maximum atomic E-state index is 5.64. The van der Waals surface area contributed by atoms with Crippen molar-refractivity contribution in [1.82, 2.24) is 0 Å². The topological polar surface area (TPSA) is 18.5 Å². The van der Waals surface area contributed by atoms with Crippen LogP contribution in [-0.2, 0) is 12.3 Å². The van der Waals surface area contributed by atoms with Crippen molar-refractivity contribution in [3.63, 3.8) is 0 Å². The Morgan fingerprint density at radius 1 is 0.576 bits per heavy atom. The zero-order valence-electron chi connectivity index (χ0n) is 18.8. The van der Waals surface area contributed by atoms with Gasteiger partial charge in [0, 0.05) is 0 Å². The van der Waals surface area contributed by atoms with E-state index in [4.69, 9.17) is 9.47 Å². The van der Waals surface area contributed by atoms with Gasteiger partial charge in [-0.05, 0) is 73.6 Å². The lowest BCUT2D eigenvalue weighted by Gasteiger charge is -2.19. The fourth-order valence-electron chi connectivity index (χ4n) is 5.16. The molecule has 0 atom stereocenters. The first-order chi connectivity index (χ1) is 16.3. The van der Waals surface area contributed by atoms with Crippen LogP contribution >= 0.6 is 7.92 Å². The summed E-state index contributed by atoms with van der Waals surface area (Å²) < 4.78 is 11.1. The molecule has 0 bridgehead atoms. The third-order valence-corrected chi connectivity index (χ3v) is 9.19. The van der Waals surface area contributed by atoms with Gasteiger partial charge in [-0.1, -0.05) is 86.8 Å². The summed E-state index contributed by atoms with van der Waals surface area (Å²) in [7, 11) is 2.95. The smallest absolute Gasteiger partial charge is 0.161 e. The molecule has 6 rings (SSSR count). The van der Waals surface area contributed by atoms with Crippen molar-refractivity contribution < 1.29 is 9.47 Å². The lowest BCUT2D eigenvalue weighted by molar-refractivity contribution is 0.355. The minimum absolute atomic E-state index is 0.452. The fourth-order valence-corrected chi connectivity index (χ4v) is 7.57. The number of rotatable bonds is 3. The molecule has 0 saturated carbocycles. The molecule has 0 spiro atoms. The van der Waals surface area contributed by atoms with Crippen LogP contribution in [0.1, 0.15) is 11.1 Å². The summed E-state index contributed by atoms with van der Waals surface area (Å²) in [5, 5.41) is 6.64. The second kappa shape index (κ2) is 8.21. The summed E-state index contributed by atoms with van der Waals surface area (Å²) in [6.45, 7) is 0. The number of hydrogen-bond donors (Lipinski definition) is 0. The Bertz CT molecular complexity index is 1420. The second-order valence-corrected chi connectivity index (χ2v) is 10.8. The first kappa shape index (κ1) is 20.3. The molecule has 0 fully saturated rings. The number of hydrogen-bond acceptors (Lipinski definition) is 2. The summed E-state index contributed by atoms with van der Waals surface area (Å²) >= 11 is 0. The van der Waals surface area contributed by atoms with Crippen molar-refractivity contribution in [2.75, 3.05) is 14.2 Å². The van der Waals surface area contributed by atoms with Crippen LogP contribution in [0.2, 0.25) is 0 Å². The minimum atomic E-state index is -0.452. The summed E-state index contributed by atoms with van der Waals surface area (Å²) in [5.74, 6) is 1.59. The molecule has 5 aromatic carbocycles. The number of benzene rings is 5. The van der Waals surface area contributed by atoms with Gasteiger partial charge >= 0.3 is 0 Å². The van der Waals surface area contributed by atoms with E-state index in [1.54, 1.807) is 14.2 Å². The lowest BCUT2D eigenvalue weighted by atomic mass is 9.88. The molecule has 0 aliphatic carbocycles. The van der Waals surface area contributed by atoms with Crippen molar-refractivity contribution in [1.29, 1.82) is 0 Å². The van der Waals surface area contributed by atoms with Gasteiger partial charge in [-0.2, -0.15) is 0 Å². The maximum Gasteiger partial charge on any atom is 0.161 e. The lowest BCUT2D eigenvalue weighted by Crippen LogP contribution is -2.05. The van der Waals surface area contributed by atoms with Gasteiger partial charge in [0.1, 0.15) is 0 Å². The van der Waals surface area contributed by atoms with E-state index in [0.717, 1.165) is 23.8 Å². The van der Waals surface area contributed by atoms with Crippen LogP contribution in [-0.4, -0.2) is 14.2 Å². The van der Waals surface area contributed by atoms with Gasteiger partial charge in [0.25, 0.3) is 0 Å². The Kier molecular flexibility index (Phi) is 5.04. The molecule has 33 heavy (non-hydrogen) atoms. The van der Waals surface area contributed by atoms with Crippen molar-refractivity contribution in [2.24, 2.45) is 0 Å². The van der Waals surface area contributed by atoms with Crippen LogP contribution in [0.4, 0.5) is 0 Å². The Morgan fingerprint density at radius 2 is 1.12 bits per heavy atom. The van der Waals surface area contributed by atoms with E-state index in [-0.39, 0.29) is 0 Å². The molecular formula is C30H25O2P. The van der Waals surface area contributed by atoms with E-state index in [2.05, 4.69) is 84.9 Å². The summed E-state index contributed by atoms with van der Waals surface area (Å²) in [6, 6.07) is 33.3. The van der Waals surface area contributed by atoms with Crippen molar-refractivity contribution in [3.8, 4) is 22.6 Å². The highest BCUT2D eigenvalue weighted by Gasteiger charge is 2.25. The predicted molar refractivity (Wildman–Crippen MR) is 140 cm³/mol. The van der Waals surface area contributed by atoms with Gasteiger partial charge in [0.15, 0.2) is 11.5 Å². The molecule has 1 aliphatic heterocycles. The zero-order valence-corrected chi connectivity index (χ0v) is 19.7. The number of ether oxygens (including phenoxy) is 2. The van der Waals surface area contributed by atoms with Gasteiger partial charge in [0.05, 0.1) is 14.2 Å². The van der Waals surface area contributed by atoms with E-state index < -0.39 is 7.92 Å². The molecule has 1 aliphatic rings. The number of methoxy groups -OCH3 is 2. The molecule has 0 radical (unpaired) electrons. The first-order valence-electron chi connectivity index (χ1n) is 11.3. The van der Waals surface area contributed by atoms with E-state index in [1.165, 1.54) is 49.1 Å². The van der Waals surface area contributed by atoms with E-state index in [0.29, 0.717) is 0 Å². The van der Waals surface area contributed by atoms with Gasteiger partial charge in [-0.3, -0.25) is 0 Å². The van der Waals surface area contributed by atoms with Crippen LogP contribution in [0.3, 0.4) is 0 Å². The Labute approximate surface area is 195 Å². The van der Waals surface area contributed by atoms with Crippen LogP contribution in [0, 0.1) is 0 Å². The highest BCUT2D eigenvalue weighted by molar-refractivity contribution is 7.64. The van der Waals surface area contributed by atoms with Crippen LogP contribution in [0.25, 0.3) is 32.7 Å². The average Bonchev–Trinajstić information content (AvgIpc) is 3.05. The molecule has 0 N–H and O–H groups in total. The van der Waals surface area contributed by atoms with Gasteiger partial charge in [0.2, 0.25) is 0 Å². The molecule has 5 aromatic rings. The molecule has 162 valence electrons. The van der Waals surface area contributed by atoms with E-state index >= 15 is 0 Å². The van der Waals surface area contributed by atoms with Crippen molar-refractivity contribution >= 4 is 34.8 Å². The quantitative estimate of drug-likeness (QED) is 0.266. The largest absolute Gasteiger partial charge is 0.493 e. The summed E-state index contributed by atoms with van der Waals surface area (Å²) in [6.07, 6.45) is 2.10. The highest BCUT2D eigenvalue weighted by Crippen LogP contribution is 2.53. The number of fused-ring (bicyclic) bond motifs is 7. The first-order valence-corrected chi connectivity index (χ1v) is 13.0. The van der Waals surface area contributed by atoms with Crippen LogP contribution in [0.15, 0.2) is 91.0 Å². The fraction of sp³-hybridized carbons (Fsp3) is 0.133. The highest BCUT2D eigenvalue weighted by atomic mass is 31.1. The normalized spacial score (nSPS) is 13.4. The maximum absolute atomic E-state index is 5.64. The molecule has 2 nitrogen and oxygen atoms in total. The third-order valence-electron chi connectivity index (χ3n) is 6.74. The summed E-state index contributed by atoms with van der Waals surface area (Å²) in [5.41, 5.74) is 5.69. The standard InChI is InChI=1S/C30H25O2P/c1-31-27-16-15-24(17-28(27)32-2)33-18-22-13-11-20-7-3-5-9-25(20)29(22)30-23(19-33)14-12-21-8-4-6-10-26(21)30/h3-17H,18-19H2,1-2H3. The Hall–Kier alpha value is -3.35. The molecule has 0 saturated heterocycles. The predicted octanol–water partition coefficient (Wildman–Crippen LogP) is 7.50. The van der Waals surface area contributed by atoms with E-state index in [9.17, 15) is 0 Å². The van der Waals surface area contributed by atoms with Crippen molar-refractivity contribution in [2.45, 2.75) is 12.3 Å². The van der Waals surface area contributed by atoms with Gasteiger partial charge in [-0.15, -0.1) is 0 Å². The molecular weight excluding hydrogens is 423 g/mol. The van der Waals surface area contributed by atoms with E-state index in [1.807, 2.05) is 6.07 Å². The molecule has 0 unspecified atom stereocenters. The van der Waals surface area contributed by atoms with Gasteiger partial charge < -0.3 is 9.47 Å². The average molecular weight is 449 g/mol. The third kappa shape index (κ3) is 3.37. The second-order valence-electron chi connectivity index (χ2n) is 8.54. The molecule has 0 aromatic heterocycles. The van der Waals surface area contributed by atoms with Crippen LogP contribution in [0.5, 0.6) is 11.5 Å². The minimum Gasteiger partial charge on any atom is -0.493 e.